The van der Waals surface area contributed by atoms with E-state index in [1.807, 2.05) is 6.07 Å². The fraction of sp³-hybridized carbons (Fsp3) is 0.375. The average molecular weight is 396 g/mol. The molecule has 8 nitrogen and oxygen atoms in total. The minimum absolute atomic E-state index is 0.212. The largest absolute Gasteiger partial charge is 0.378 e. The Labute approximate surface area is 156 Å². The first-order chi connectivity index (χ1) is 12.5. The van der Waals surface area contributed by atoms with E-state index in [-0.39, 0.29) is 10.8 Å². The van der Waals surface area contributed by atoms with E-state index >= 15 is 0 Å². The quantitative estimate of drug-likeness (QED) is 0.790. The van der Waals surface area contributed by atoms with Crippen LogP contribution < -0.4 is 10.2 Å². The van der Waals surface area contributed by atoms with Crippen LogP contribution in [0.5, 0.6) is 0 Å². The maximum absolute atomic E-state index is 12.3. The summed E-state index contributed by atoms with van der Waals surface area (Å²) in [6, 6.07) is 6.76. The lowest BCUT2D eigenvalue weighted by Gasteiger charge is -2.27. The molecule has 2 aromatic rings. The van der Waals surface area contributed by atoms with Gasteiger partial charge in [-0.3, -0.25) is 4.79 Å². The third-order valence-electron chi connectivity index (χ3n) is 3.89. The Morgan fingerprint density at radius 1 is 1.35 bits per heavy atom. The van der Waals surface area contributed by atoms with Gasteiger partial charge in [0.1, 0.15) is 10.0 Å². The van der Waals surface area contributed by atoms with Gasteiger partial charge in [0.2, 0.25) is 5.91 Å². The van der Waals surface area contributed by atoms with Gasteiger partial charge in [0, 0.05) is 20.1 Å². The highest BCUT2D eigenvalue weighted by molar-refractivity contribution is 7.91. The third kappa shape index (κ3) is 4.39. The molecule has 0 saturated carbocycles. The first-order valence-electron chi connectivity index (χ1n) is 8.05. The Kier molecular flexibility index (Phi) is 5.87. The van der Waals surface area contributed by atoms with Crippen LogP contribution >= 0.6 is 11.3 Å². The van der Waals surface area contributed by atoms with Gasteiger partial charge in [-0.25, -0.2) is 13.4 Å². The summed E-state index contributed by atoms with van der Waals surface area (Å²) >= 11 is 1.12. The zero-order valence-corrected chi connectivity index (χ0v) is 15.9. The lowest BCUT2D eigenvalue weighted by molar-refractivity contribution is -0.116. The summed E-state index contributed by atoms with van der Waals surface area (Å²) in [7, 11) is -2.26. The standard InChI is InChI=1S/C16H20N4O4S2/c1-19(26(22,23)16-3-2-10-25-16)12-15(21)18-13-4-5-14(17-11-13)20-6-8-24-9-7-20/h2-5,10-11H,6-9,12H2,1H3,(H,18,21). The van der Waals surface area contributed by atoms with Crippen molar-refractivity contribution in [2.24, 2.45) is 0 Å². The van der Waals surface area contributed by atoms with E-state index in [1.54, 1.807) is 23.7 Å². The van der Waals surface area contributed by atoms with Gasteiger partial charge in [-0.15, -0.1) is 11.3 Å². The average Bonchev–Trinajstić information content (AvgIpc) is 3.18. The van der Waals surface area contributed by atoms with E-state index in [4.69, 9.17) is 4.74 Å². The van der Waals surface area contributed by atoms with Crippen LogP contribution in [0.1, 0.15) is 0 Å². The highest BCUT2D eigenvalue weighted by Crippen LogP contribution is 2.20. The number of hydrogen-bond donors (Lipinski definition) is 1. The Morgan fingerprint density at radius 2 is 2.12 bits per heavy atom. The summed E-state index contributed by atoms with van der Waals surface area (Å²) in [5.41, 5.74) is 0.522. The second-order valence-corrected chi connectivity index (χ2v) is 8.97. The van der Waals surface area contributed by atoms with Gasteiger partial charge in [0.05, 0.1) is 31.6 Å². The van der Waals surface area contributed by atoms with Crippen LogP contribution in [-0.2, 0) is 19.6 Å². The maximum Gasteiger partial charge on any atom is 0.252 e. The highest BCUT2D eigenvalue weighted by Gasteiger charge is 2.23. The summed E-state index contributed by atoms with van der Waals surface area (Å²) < 4.78 is 31.2. The van der Waals surface area contributed by atoms with Crippen LogP contribution in [0.15, 0.2) is 40.1 Å². The zero-order chi connectivity index (χ0) is 18.6. The van der Waals surface area contributed by atoms with Crippen LogP contribution in [0, 0.1) is 0 Å². The van der Waals surface area contributed by atoms with Gasteiger partial charge in [-0.1, -0.05) is 6.07 Å². The molecular formula is C16H20N4O4S2. The number of pyridine rings is 1. The number of rotatable bonds is 6. The van der Waals surface area contributed by atoms with E-state index < -0.39 is 15.9 Å². The lowest BCUT2D eigenvalue weighted by atomic mass is 10.3. The maximum atomic E-state index is 12.3. The van der Waals surface area contributed by atoms with Crippen molar-refractivity contribution in [2.75, 3.05) is 50.1 Å². The van der Waals surface area contributed by atoms with Crippen molar-refractivity contribution in [3.8, 4) is 0 Å². The van der Waals surface area contributed by atoms with Gasteiger partial charge in [0.15, 0.2) is 0 Å². The van der Waals surface area contributed by atoms with Crippen LogP contribution in [-0.4, -0.2) is 63.5 Å². The topological polar surface area (TPSA) is 91.8 Å². The molecule has 0 atom stereocenters. The first-order valence-corrected chi connectivity index (χ1v) is 10.4. The molecule has 0 bridgehead atoms. The summed E-state index contributed by atoms with van der Waals surface area (Å²) in [5, 5.41) is 4.36. The number of ether oxygens (including phenoxy) is 1. The molecular weight excluding hydrogens is 376 g/mol. The number of sulfonamides is 1. The van der Waals surface area contributed by atoms with E-state index in [0.717, 1.165) is 34.5 Å². The Morgan fingerprint density at radius 3 is 2.73 bits per heavy atom. The number of carbonyl (C=O) groups excluding carboxylic acids is 1. The molecule has 0 aliphatic carbocycles. The number of thiophene rings is 1. The van der Waals surface area contributed by atoms with E-state index in [0.29, 0.717) is 18.9 Å². The molecule has 26 heavy (non-hydrogen) atoms. The minimum atomic E-state index is -3.65. The van der Waals surface area contributed by atoms with Crippen molar-refractivity contribution in [3.05, 3.63) is 35.8 Å². The van der Waals surface area contributed by atoms with E-state index in [2.05, 4.69) is 15.2 Å². The second-order valence-electron chi connectivity index (χ2n) is 5.75. The molecule has 0 spiro atoms. The molecule has 1 aliphatic rings. The number of anilines is 2. The number of morpholine rings is 1. The van der Waals surface area contributed by atoms with E-state index in [1.165, 1.54) is 13.1 Å². The van der Waals surface area contributed by atoms with Crippen LogP contribution in [0.3, 0.4) is 0 Å². The number of likely N-dealkylation sites (N-methyl/N-ethyl adjacent to an activating group) is 1. The molecule has 140 valence electrons. The molecule has 0 unspecified atom stereocenters. The minimum Gasteiger partial charge on any atom is -0.378 e. The molecule has 1 amide bonds. The van der Waals surface area contributed by atoms with Crippen molar-refractivity contribution in [2.45, 2.75) is 4.21 Å². The smallest absolute Gasteiger partial charge is 0.252 e. The van der Waals surface area contributed by atoms with Gasteiger partial charge in [-0.05, 0) is 23.6 Å². The molecule has 3 heterocycles. The first kappa shape index (κ1) is 18.8. The van der Waals surface area contributed by atoms with Crippen LogP contribution in [0.4, 0.5) is 11.5 Å². The number of carbonyl (C=O) groups is 1. The molecule has 1 saturated heterocycles. The molecule has 10 heteroatoms. The van der Waals surface area contributed by atoms with Crippen molar-refractivity contribution < 1.29 is 17.9 Å². The number of amides is 1. The number of aromatic nitrogens is 1. The predicted molar refractivity (Wildman–Crippen MR) is 100 cm³/mol. The monoisotopic (exact) mass is 396 g/mol. The third-order valence-corrected chi connectivity index (χ3v) is 7.07. The second kappa shape index (κ2) is 8.12. The van der Waals surface area contributed by atoms with Gasteiger partial charge < -0.3 is 15.0 Å². The fourth-order valence-corrected chi connectivity index (χ4v) is 4.82. The summed E-state index contributed by atoms with van der Waals surface area (Å²) in [5.74, 6) is 0.400. The van der Waals surface area contributed by atoms with Crippen LogP contribution in [0.2, 0.25) is 0 Å². The number of nitrogens with one attached hydrogen (secondary N) is 1. The lowest BCUT2D eigenvalue weighted by Crippen LogP contribution is -2.36. The normalized spacial score (nSPS) is 15.2. The van der Waals surface area contributed by atoms with Crippen molar-refractivity contribution in [3.63, 3.8) is 0 Å². The van der Waals surface area contributed by atoms with Crippen LogP contribution in [0.25, 0.3) is 0 Å². The molecule has 0 radical (unpaired) electrons. The fourth-order valence-electron chi connectivity index (χ4n) is 2.49. The summed E-state index contributed by atoms with van der Waals surface area (Å²) in [4.78, 5) is 18.6. The summed E-state index contributed by atoms with van der Waals surface area (Å²) in [6.07, 6.45) is 1.57. The predicted octanol–water partition coefficient (Wildman–Crippen LogP) is 1.24. The van der Waals surface area contributed by atoms with Gasteiger partial charge in [-0.2, -0.15) is 4.31 Å². The van der Waals surface area contributed by atoms with Gasteiger partial charge in [0.25, 0.3) is 10.0 Å². The van der Waals surface area contributed by atoms with Crippen molar-refractivity contribution >= 4 is 38.8 Å². The highest BCUT2D eigenvalue weighted by atomic mass is 32.2. The number of hydrogen-bond acceptors (Lipinski definition) is 7. The zero-order valence-electron chi connectivity index (χ0n) is 14.3. The summed E-state index contributed by atoms with van der Waals surface area (Å²) in [6.45, 7) is 2.63. The van der Waals surface area contributed by atoms with Crippen molar-refractivity contribution in [1.29, 1.82) is 0 Å². The van der Waals surface area contributed by atoms with E-state index in [9.17, 15) is 13.2 Å². The Balaban J connectivity index is 1.57. The van der Waals surface area contributed by atoms with Gasteiger partial charge >= 0.3 is 0 Å². The van der Waals surface area contributed by atoms with Crippen molar-refractivity contribution in [1.82, 2.24) is 9.29 Å². The Bertz CT molecular complexity index is 832. The molecule has 1 N–H and O–H groups in total. The molecule has 1 fully saturated rings. The number of nitrogens with zero attached hydrogens (tertiary/aromatic N) is 3. The SMILES string of the molecule is CN(CC(=O)Nc1ccc(N2CCOCC2)nc1)S(=O)(=O)c1cccs1. The molecule has 3 rings (SSSR count). The molecule has 0 aromatic carbocycles. The Hall–Kier alpha value is -2.01. The molecule has 2 aromatic heterocycles. The molecule has 1 aliphatic heterocycles.